The van der Waals surface area contributed by atoms with Gasteiger partial charge in [0.1, 0.15) is 0 Å². The Morgan fingerprint density at radius 1 is 1.11 bits per heavy atom. The van der Waals surface area contributed by atoms with E-state index in [4.69, 9.17) is 0 Å². The van der Waals surface area contributed by atoms with Crippen molar-refractivity contribution in [2.24, 2.45) is 5.92 Å². The van der Waals surface area contributed by atoms with Crippen LogP contribution in [0.25, 0.3) is 0 Å². The third kappa shape index (κ3) is 4.36. The molecule has 0 atom stereocenters. The first kappa shape index (κ1) is 19.5. The van der Waals surface area contributed by atoms with Gasteiger partial charge in [-0.1, -0.05) is 12.1 Å². The molecule has 146 valence electrons. The monoisotopic (exact) mass is 393 g/mol. The van der Waals surface area contributed by atoms with Crippen LogP contribution in [-0.2, 0) is 14.8 Å². The first-order valence-corrected chi connectivity index (χ1v) is 10.8. The summed E-state index contributed by atoms with van der Waals surface area (Å²) in [5.41, 5.74) is 0.751. The lowest BCUT2D eigenvalue weighted by molar-refractivity contribution is -0.121. The molecule has 0 saturated carbocycles. The van der Waals surface area contributed by atoms with Crippen LogP contribution in [0.4, 0.5) is 0 Å². The zero-order valence-electron chi connectivity index (χ0n) is 15.2. The standard InChI is InChI=1S/C18H23N3O5S/c1-27(25,26)20-9-6-13(7-10-20)12-19-16(22)8-11-21-17(23)14-4-2-3-5-15(14)18(21)24/h2-5,13H,6-12H2,1H3,(H,19,22). The molecule has 2 heterocycles. The van der Waals surface area contributed by atoms with E-state index in [1.807, 2.05) is 0 Å². The van der Waals surface area contributed by atoms with Crippen LogP contribution < -0.4 is 5.32 Å². The molecule has 1 aromatic rings. The molecule has 0 unspecified atom stereocenters. The summed E-state index contributed by atoms with van der Waals surface area (Å²) < 4.78 is 24.5. The average Bonchev–Trinajstić information content (AvgIpc) is 2.89. The summed E-state index contributed by atoms with van der Waals surface area (Å²) in [5, 5.41) is 2.82. The maximum absolute atomic E-state index is 12.3. The highest BCUT2D eigenvalue weighted by atomic mass is 32.2. The second kappa shape index (κ2) is 7.77. The van der Waals surface area contributed by atoms with Crippen molar-refractivity contribution in [3.05, 3.63) is 35.4 Å². The Bertz CT molecular complexity index is 825. The van der Waals surface area contributed by atoms with Gasteiger partial charge in [-0.25, -0.2) is 12.7 Å². The number of rotatable bonds is 6. The van der Waals surface area contributed by atoms with E-state index in [0.29, 0.717) is 43.6 Å². The molecule has 0 aliphatic carbocycles. The summed E-state index contributed by atoms with van der Waals surface area (Å²) >= 11 is 0. The second-order valence-electron chi connectivity index (χ2n) is 6.97. The van der Waals surface area contributed by atoms with Crippen LogP contribution >= 0.6 is 0 Å². The van der Waals surface area contributed by atoms with E-state index in [9.17, 15) is 22.8 Å². The number of carbonyl (C=O) groups excluding carboxylic acids is 3. The second-order valence-corrected chi connectivity index (χ2v) is 8.95. The van der Waals surface area contributed by atoms with Crippen LogP contribution in [0.2, 0.25) is 0 Å². The van der Waals surface area contributed by atoms with E-state index in [0.717, 1.165) is 4.90 Å². The molecule has 0 aromatic heterocycles. The third-order valence-corrected chi connectivity index (χ3v) is 6.37. The van der Waals surface area contributed by atoms with Crippen molar-refractivity contribution in [3.63, 3.8) is 0 Å². The van der Waals surface area contributed by atoms with E-state index in [1.54, 1.807) is 24.3 Å². The fraction of sp³-hybridized carbons (Fsp3) is 0.500. The Balaban J connectivity index is 1.42. The largest absolute Gasteiger partial charge is 0.356 e. The zero-order valence-corrected chi connectivity index (χ0v) is 16.0. The highest BCUT2D eigenvalue weighted by Crippen LogP contribution is 2.22. The van der Waals surface area contributed by atoms with Gasteiger partial charge in [-0.3, -0.25) is 19.3 Å². The Kier molecular flexibility index (Phi) is 5.61. The maximum atomic E-state index is 12.3. The van der Waals surface area contributed by atoms with Gasteiger partial charge in [-0.05, 0) is 30.9 Å². The maximum Gasteiger partial charge on any atom is 0.261 e. The van der Waals surface area contributed by atoms with Gasteiger partial charge in [0.2, 0.25) is 15.9 Å². The number of nitrogens with one attached hydrogen (secondary N) is 1. The molecule has 0 bridgehead atoms. The van der Waals surface area contributed by atoms with Crippen LogP contribution in [0.1, 0.15) is 40.0 Å². The predicted octanol–water partition coefficient (Wildman–Crippen LogP) is 0.461. The summed E-state index contributed by atoms with van der Waals surface area (Å²) in [6.45, 7) is 1.45. The molecule has 0 radical (unpaired) electrons. The minimum absolute atomic E-state index is 0.0463. The topological polar surface area (TPSA) is 104 Å². The van der Waals surface area contributed by atoms with Crippen LogP contribution in [0.5, 0.6) is 0 Å². The van der Waals surface area contributed by atoms with Gasteiger partial charge in [-0.15, -0.1) is 0 Å². The summed E-state index contributed by atoms with van der Waals surface area (Å²) in [4.78, 5) is 37.7. The SMILES string of the molecule is CS(=O)(=O)N1CCC(CNC(=O)CCN2C(=O)c3ccccc3C2=O)CC1. The number of amides is 3. The van der Waals surface area contributed by atoms with Gasteiger partial charge in [0.25, 0.3) is 11.8 Å². The quantitative estimate of drug-likeness (QED) is 0.707. The van der Waals surface area contributed by atoms with Gasteiger partial charge in [0, 0.05) is 32.6 Å². The number of carbonyl (C=O) groups is 3. The lowest BCUT2D eigenvalue weighted by atomic mass is 9.98. The Labute approximate surface area is 158 Å². The van der Waals surface area contributed by atoms with E-state index in [1.165, 1.54) is 10.6 Å². The number of nitrogens with zero attached hydrogens (tertiary/aromatic N) is 2. The molecular formula is C18H23N3O5S. The number of piperidine rings is 1. The number of sulfonamides is 1. The molecule has 2 aliphatic rings. The van der Waals surface area contributed by atoms with E-state index in [-0.39, 0.29) is 36.6 Å². The van der Waals surface area contributed by atoms with Crippen molar-refractivity contribution in [2.75, 3.05) is 32.4 Å². The fourth-order valence-corrected chi connectivity index (χ4v) is 4.32. The van der Waals surface area contributed by atoms with Crippen molar-refractivity contribution < 1.29 is 22.8 Å². The Morgan fingerprint density at radius 2 is 1.67 bits per heavy atom. The van der Waals surface area contributed by atoms with E-state index >= 15 is 0 Å². The van der Waals surface area contributed by atoms with E-state index in [2.05, 4.69) is 5.32 Å². The Morgan fingerprint density at radius 3 is 2.19 bits per heavy atom. The van der Waals surface area contributed by atoms with Crippen LogP contribution in [0.15, 0.2) is 24.3 Å². The first-order chi connectivity index (χ1) is 12.8. The fourth-order valence-electron chi connectivity index (χ4n) is 3.45. The van der Waals surface area contributed by atoms with Crippen LogP contribution in [0, 0.1) is 5.92 Å². The highest BCUT2D eigenvalue weighted by molar-refractivity contribution is 7.88. The molecule has 3 amide bonds. The van der Waals surface area contributed by atoms with Crippen molar-refractivity contribution in [1.29, 1.82) is 0 Å². The highest BCUT2D eigenvalue weighted by Gasteiger charge is 2.35. The molecule has 1 fully saturated rings. The van der Waals surface area contributed by atoms with Crippen molar-refractivity contribution in [2.45, 2.75) is 19.3 Å². The summed E-state index contributed by atoms with van der Waals surface area (Å²) in [5.74, 6) is -0.726. The van der Waals surface area contributed by atoms with Crippen LogP contribution in [-0.4, -0.2) is 67.8 Å². The molecule has 27 heavy (non-hydrogen) atoms. The molecule has 0 spiro atoms. The molecule has 3 rings (SSSR count). The molecule has 1 N–H and O–H groups in total. The number of fused-ring (bicyclic) bond motifs is 1. The number of hydrogen-bond donors (Lipinski definition) is 1. The van der Waals surface area contributed by atoms with Gasteiger partial charge in [0.05, 0.1) is 17.4 Å². The van der Waals surface area contributed by atoms with Crippen molar-refractivity contribution in [3.8, 4) is 0 Å². The molecule has 1 saturated heterocycles. The lowest BCUT2D eigenvalue weighted by Crippen LogP contribution is -2.41. The molecule has 8 nitrogen and oxygen atoms in total. The van der Waals surface area contributed by atoms with Crippen molar-refractivity contribution >= 4 is 27.7 Å². The summed E-state index contributed by atoms with van der Waals surface area (Å²) in [6.07, 6.45) is 2.65. The molecule has 9 heteroatoms. The molecular weight excluding hydrogens is 370 g/mol. The smallest absolute Gasteiger partial charge is 0.261 e. The van der Waals surface area contributed by atoms with Gasteiger partial charge < -0.3 is 5.32 Å². The predicted molar refractivity (Wildman–Crippen MR) is 98.6 cm³/mol. The number of imide groups is 1. The van der Waals surface area contributed by atoms with Gasteiger partial charge in [-0.2, -0.15) is 0 Å². The molecule has 1 aromatic carbocycles. The summed E-state index contributed by atoms with van der Waals surface area (Å²) in [7, 11) is -3.16. The van der Waals surface area contributed by atoms with Crippen LogP contribution in [0.3, 0.4) is 0 Å². The first-order valence-electron chi connectivity index (χ1n) is 8.94. The average molecular weight is 393 g/mol. The lowest BCUT2D eigenvalue weighted by Gasteiger charge is -2.30. The van der Waals surface area contributed by atoms with Gasteiger partial charge in [0.15, 0.2) is 0 Å². The van der Waals surface area contributed by atoms with Crippen molar-refractivity contribution in [1.82, 2.24) is 14.5 Å². The minimum Gasteiger partial charge on any atom is -0.356 e. The zero-order chi connectivity index (χ0) is 19.6. The third-order valence-electron chi connectivity index (χ3n) is 5.07. The normalized spacial score (nSPS) is 18.6. The number of hydrogen-bond acceptors (Lipinski definition) is 5. The van der Waals surface area contributed by atoms with Gasteiger partial charge >= 0.3 is 0 Å². The molecule has 2 aliphatic heterocycles. The summed E-state index contributed by atoms with van der Waals surface area (Å²) in [6, 6.07) is 6.63. The van der Waals surface area contributed by atoms with E-state index < -0.39 is 10.0 Å². The Hall–Kier alpha value is -2.26. The minimum atomic E-state index is -3.16. The number of benzene rings is 1.